The van der Waals surface area contributed by atoms with Crippen molar-refractivity contribution >= 4 is 22.1 Å². The summed E-state index contributed by atoms with van der Waals surface area (Å²) in [5.74, 6) is 0.866. The maximum atomic E-state index is 2.55. The van der Waals surface area contributed by atoms with Crippen molar-refractivity contribution in [1.29, 1.82) is 0 Å². The van der Waals surface area contributed by atoms with Gasteiger partial charge in [-0.15, -0.1) is 0 Å². The van der Waals surface area contributed by atoms with Crippen LogP contribution in [0.5, 0.6) is 0 Å². The number of rotatable bonds is 0. The summed E-state index contributed by atoms with van der Waals surface area (Å²) < 4.78 is 0. The van der Waals surface area contributed by atoms with Gasteiger partial charge in [-0.1, -0.05) is 31.2 Å². The van der Waals surface area contributed by atoms with Gasteiger partial charge in [0, 0.05) is 30.9 Å². The summed E-state index contributed by atoms with van der Waals surface area (Å²) in [6.45, 7) is 2.39. The van der Waals surface area contributed by atoms with Gasteiger partial charge in [0.2, 0.25) is 0 Å². The van der Waals surface area contributed by atoms with E-state index in [9.17, 15) is 0 Å². The first kappa shape index (κ1) is 13.0. The molecule has 2 heteroatoms. The van der Waals surface area contributed by atoms with Crippen LogP contribution in [-0.2, 0) is 0 Å². The predicted molar refractivity (Wildman–Crippen MR) is 91.1 cm³/mol. The summed E-state index contributed by atoms with van der Waals surface area (Å²) in [6.07, 6.45) is 5.16. The summed E-state index contributed by atoms with van der Waals surface area (Å²) >= 11 is 0. The Morgan fingerprint density at radius 1 is 0.905 bits per heavy atom. The zero-order valence-corrected chi connectivity index (χ0v) is 13.3. The van der Waals surface area contributed by atoms with Gasteiger partial charge in [-0.25, -0.2) is 0 Å². The number of hydrogen-bond donors (Lipinski definition) is 0. The molecule has 0 radical (unpaired) electrons. The lowest BCUT2D eigenvalue weighted by molar-refractivity contribution is 0.233. The lowest BCUT2D eigenvalue weighted by Gasteiger charge is -2.56. The monoisotopic (exact) mass is 280 g/mol. The maximum Gasteiger partial charge on any atom is 0.112 e. The fourth-order valence-corrected chi connectivity index (χ4v) is 4.43. The smallest absolute Gasteiger partial charge is 0.112 e. The van der Waals surface area contributed by atoms with Crippen LogP contribution in [0.4, 0.5) is 11.4 Å². The third-order valence-electron chi connectivity index (χ3n) is 5.91. The highest BCUT2D eigenvalue weighted by molar-refractivity contribution is 6.05. The molecule has 1 spiro atoms. The van der Waals surface area contributed by atoms with Gasteiger partial charge in [-0.05, 0) is 49.1 Å². The van der Waals surface area contributed by atoms with Gasteiger partial charge < -0.3 is 9.80 Å². The molecule has 0 atom stereocenters. The molecule has 2 aromatic rings. The highest BCUT2D eigenvalue weighted by Crippen LogP contribution is 2.49. The molecule has 21 heavy (non-hydrogen) atoms. The van der Waals surface area contributed by atoms with Crippen LogP contribution >= 0.6 is 0 Å². The third kappa shape index (κ3) is 1.65. The van der Waals surface area contributed by atoms with E-state index in [-0.39, 0.29) is 5.66 Å². The Morgan fingerprint density at radius 2 is 1.43 bits per heavy atom. The van der Waals surface area contributed by atoms with Gasteiger partial charge in [-0.3, -0.25) is 0 Å². The fourth-order valence-electron chi connectivity index (χ4n) is 4.43. The highest BCUT2D eigenvalue weighted by Gasteiger charge is 2.45. The van der Waals surface area contributed by atoms with E-state index in [0.717, 1.165) is 5.92 Å². The van der Waals surface area contributed by atoms with Crippen molar-refractivity contribution in [2.75, 3.05) is 23.9 Å². The zero-order chi connectivity index (χ0) is 14.6. The standard InChI is InChI=1S/C19H24N2/c1-14-10-12-19(13-11-14)20(2)16-8-4-6-15-7-5-9-17(18(15)16)21(19)3/h4-9,14H,10-13H2,1-3H3. The lowest BCUT2D eigenvalue weighted by atomic mass is 9.79. The minimum Gasteiger partial charge on any atom is -0.351 e. The Kier molecular flexibility index (Phi) is 2.72. The molecule has 0 unspecified atom stereocenters. The van der Waals surface area contributed by atoms with Crippen LogP contribution in [-0.4, -0.2) is 19.8 Å². The molecule has 0 saturated heterocycles. The van der Waals surface area contributed by atoms with Crippen molar-refractivity contribution in [3.8, 4) is 0 Å². The van der Waals surface area contributed by atoms with Crippen molar-refractivity contribution in [3.05, 3.63) is 36.4 Å². The first-order chi connectivity index (χ1) is 10.1. The van der Waals surface area contributed by atoms with E-state index < -0.39 is 0 Å². The molecule has 2 aromatic carbocycles. The molecule has 4 rings (SSSR count). The average molecular weight is 280 g/mol. The molecule has 1 heterocycles. The number of nitrogens with zero attached hydrogens (tertiary/aromatic N) is 2. The molecule has 110 valence electrons. The van der Waals surface area contributed by atoms with Crippen molar-refractivity contribution in [2.24, 2.45) is 5.92 Å². The molecule has 1 fully saturated rings. The zero-order valence-electron chi connectivity index (χ0n) is 13.3. The maximum absolute atomic E-state index is 2.55. The van der Waals surface area contributed by atoms with Crippen molar-refractivity contribution < 1.29 is 0 Å². The molecule has 1 aliphatic carbocycles. The van der Waals surface area contributed by atoms with E-state index in [1.807, 2.05) is 0 Å². The van der Waals surface area contributed by atoms with E-state index in [4.69, 9.17) is 0 Å². The molecule has 2 nitrogen and oxygen atoms in total. The average Bonchev–Trinajstić information content (AvgIpc) is 2.52. The predicted octanol–water partition coefficient (Wildman–Crippen LogP) is 4.63. The van der Waals surface area contributed by atoms with Gasteiger partial charge in [-0.2, -0.15) is 0 Å². The van der Waals surface area contributed by atoms with Crippen molar-refractivity contribution in [1.82, 2.24) is 0 Å². The Balaban J connectivity index is 1.93. The third-order valence-corrected chi connectivity index (χ3v) is 5.91. The number of anilines is 2. The minimum absolute atomic E-state index is 0.162. The first-order valence-corrected chi connectivity index (χ1v) is 8.13. The van der Waals surface area contributed by atoms with Crippen molar-refractivity contribution in [3.63, 3.8) is 0 Å². The van der Waals surface area contributed by atoms with Crippen LogP contribution in [0.1, 0.15) is 32.6 Å². The quantitative estimate of drug-likeness (QED) is 0.694. The highest BCUT2D eigenvalue weighted by atomic mass is 15.4. The lowest BCUT2D eigenvalue weighted by Crippen LogP contribution is -2.62. The van der Waals surface area contributed by atoms with Crippen LogP contribution < -0.4 is 9.80 Å². The van der Waals surface area contributed by atoms with Crippen LogP contribution in [0, 0.1) is 5.92 Å². The van der Waals surface area contributed by atoms with E-state index >= 15 is 0 Å². The molecule has 1 aliphatic heterocycles. The van der Waals surface area contributed by atoms with Crippen molar-refractivity contribution in [2.45, 2.75) is 38.3 Å². The topological polar surface area (TPSA) is 6.48 Å². The van der Waals surface area contributed by atoms with Crippen LogP contribution in [0.25, 0.3) is 10.8 Å². The van der Waals surface area contributed by atoms with Gasteiger partial charge >= 0.3 is 0 Å². The molecule has 0 amide bonds. The minimum atomic E-state index is 0.162. The number of benzene rings is 2. The number of hydrogen-bond acceptors (Lipinski definition) is 2. The summed E-state index contributed by atoms with van der Waals surface area (Å²) in [6, 6.07) is 13.4. The Hall–Kier alpha value is -1.70. The SMILES string of the molecule is CC1CCC2(CC1)N(C)c1cccc3cccc(c13)N2C. The molecule has 1 saturated carbocycles. The molecule has 0 N–H and O–H groups in total. The van der Waals surface area contributed by atoms with Gasteiger partial charge in [0.1, 0.15) is 5.66 Å². The second kappa shape index (κ2) is 4.40. The van der Waals surface area contributed by atoms with Gasteiger partial charge in [0.05, 0.1) is 0 Å². The molecule has 0 bridgehead atoms. The first-order valence-electron chi connectivity index (χ1n) is 8.13. The molecule has 2 aliphatic rings. The molecular weight excluding hydrogens is 256 g/mol. The Morgan fingerprint density at radius 3 is 1.95 bits per heavy atom. The van der Waals surface area contributed by atoms with Gasteiger partial charge in [0.25, 0.3) is 0 Å². The fraction of sp³-hybridized carbons (Fsp3) is 0.474. The summed E-state index contributed by atoms with van der Waals surface area (Å²) in [7, 11) is 4.58. The van der Waals surface area contributed by atoms with E-state index in [2.05, 4.69) is 67.2 Å². The second-order valence-corrected chi connectivity index (χ2v) is 6.94. The normalized spacial score (nSPS) is 21.3. The van der Waals surface area contributed by atoms with Gasteiger partial charge in [0.15, 0.2) is 0 Å². The summed E-state index contributed by atoms with van der Waals surface area (Å²) in [5.41, 5.74) is 2.96. The van der Waals surface area contributed by atoms with Crippen LogP contribution in [0.2, 0.25) is 0 Å². The van der Waals surface area contributed by atoms with Crippen LogP contribution in [0.3, 0.4) is 0 Å². The van der Waals surface area contributed by atoms with Crippen LogP contribution in [0.15, 0.2) is 36.4 Å². The molecular formula is C19H24N2. The second-order valence-electron chi connectivity index (χ2n) is 6.94. The van der Waals surface area contributed by atoms with E-state index in [1.165, 1.54) is 47.8 Å². The molecule has 0 aromatic heterocycles. The summed E-state index contributed by atoms with van der Waals surface area (Å²) in [4.78, 5) is 5.10. The van der Waals surface area contributed by atoms with E-state index in [1.54, 1.807) is 0 Å². The van der Waals surface area contributed by atoms with E-state index in [0.29, 0.717) is 0 Å². The largest absolute Gasteiger partial charge is 0.351 e. The summed E-state index contributed by atoms with van der Waals surface area (Å²) in [5, 5.41) is 2.76. The Bertz CT molecular complexity index is 636. The Labute approximate surface area is 127 Å².